The number of halogens is 1. The number of aryl methyl sites for hydroxylation is 1. The van der Waals surface area contributed by atoms with Gasteiger partial charge in [-0.1, -0.05) is 40.2 Å². The first-order chi connectivity index (χ1) is 6.59. The molecule has 3 heteroatoms. The van der Waals surface area contributed by atoms with E-state index in [0.717, 1.165) is 10.0 Å². The Morgan fingerprint density at radius 2 is 2.29 bits per heavy atom. The smallest absolute Gasteiger partial charge is 0.307 e. The Morgan fingerprint density at radius 1 is 1.57 bits per heavy atom. The third kappa shape index (κ3) is 3.34. The predicted octanol–water partition coefficient (Wildman–Crippen LogP) is 3.25. The summed E-state index contributed by atoms with van der Waals surface area (Å²) in [5.41, 5.74) is 2.17. The van der Waals surface area contributed by atoms with Crippen LogP contribution in [0.4, 0.5) is 0 Å². The Balaban J connectivity index is 2.76. The van der Waals surface area contributed by atoms with Crippen molar-refractivity contribution in [3.63, 3.8) is 0 Å². The molecule has 0 radical (unpaired) electrons. The summed E-state index contributed by atoms with van der Waals surface area (Å²) in [5, 5.41) is 8.44. The Labute approximate surface area is 91.4 Å². The minimum atomic E-state index is -0.815. The van der Waals surface area contributed by atoms with Crippen LogP contribution in [0.15, 0.2) is 28.7 Å². The molecule has 0 fully saturated rings. The summed E-state index contributed by atoms with van der Waals surface area (Å²) in [5.74, 6) is -0.815. The fourth-order valence-electron chi connectivity index (χ4n) is 1.05. The van der Waals surface area contributed by atoms with Gasteiger partial charge in [-0.15, -0.1) is 0 Å². The number of rotatable bonds is 3. The lowest BCUT2D eigenvalue weighted by Crippen LogP contribution is -1.89. The molecule has 0 bridgehead atoms. The van der Waals surface area contributed by atoms with Crippen LogP contribution in [0.3, 0.4) is 0 Å². The summed E-state index contributed by atoms with van der Waals surface area (Å²) < 4.78 is 0.985. The van der Waals surface area contributed by atoms with E-state index in [9.17, 15) is 4.79 Å². The molecule has 2 nitrogen and oxygen atoms in total. The van der Waals surface area contributed by atoms with Crippen LogP contribution in [0, 0.1) is 6.92 Å². The van der Waals surface area contributed by atoms with E-state index >= 15 is 0 Å². The zero-order valence-electron chi connectivity index (χ0n) is 7.83. The van der Waals surface area contributed by atoms with Gasteiger partial charge in [-0.25, -0.2) is 0 Å². The average molecular weight is 255 g/mol. The highest BCUT2D eigenvalue weighted by molar-refractivity contribution is 9.10. The molecule has 0 aliphatic heterocycles. The van der Waals surface area contributed by atoms with Crippen LogP contribution in [0.1, 0.15) is 17.5 Å². The summed E-state index contributed by atoms with van der Waals surface area (Å²) in [6.45, 7) is 2.01. The summed E-state index contributed by atoms with van der Waals surface area (Å²) in [6.07, 6.45) is 3.50. The van der Waals surface area contributed by atoms with Gasteiger partial charge in [-0.05, 0) is 24.1 Å². The van der Waals surface area contributed by atoms with E-state index < -0.39 is 5.97 Å². The number of benzene rings is 1. The lowest BCUT2D eigenvalue weighted by molar-refractivity contribution is -0.135. The molecule has 1 N–H and O–H groups in total. The zero-order chi connectivity index (χ0) is 10.6. The Kier molecular flexibility index (Phi) is 3.89. The molecule has 0 aromatic heterocycles. The van der Waals surface area contributed by atoms with Crippen LogP contribution in [-0.2, 0) is 4.79 Å². The molecular weight excluding hydrogens is 244 g/mol. The van der Waals surface area contributed by atoms with Crippen LogP contribution < -0.4 is 0 Å². The van der Waals surface area contributed by atoms with E-state index in [0.29, 0.717) is 0 Å². The van der Waals surface area contributed by atoms with Crippen molar-refractivity contribution in [1.29, 1.82) is 0 Å². The fourth-order valence-corrected chi connectivity index (χ4v) is 1.68. The molecule has 0 atom stereocenters. The van der Waals surface area contributed by atoms with Crippen LogP contribution in [0.5, 0.6) is 0 Å². The van der Waals surface area contributed by atoms with Gasteiger partial charge in [0, 0.05) is 4.47 Å². The lowest BCUT2D eigenvalue weighted by Gasteiger charge is -1.99. The van der Waals surface area contributed by atoms with E-state index in [1.54, 1.807) is 12.2 Å². The van der Waals surface area contributed by atoms with Crippen molar-refractivity contribution >= 4 is 28.0 Å². The average Bonchev–Trinajstić information content (AvgIpc) is 2.08. The summed E-state index contributed by atoms with van der Waals surface area (Å²) in [7, 11) is 0. The maximum Gasteiger partial charge on any atom is 0.307 e. The number of carboxylic acid groups (broad SMARTS) is 1. The molecule has 0 spiro atoms. The van der Waals surface area contributed by atoms with E-state index in [-0.39, 0.29) is 6.42 Å². The van der Waals surface area contributed by atoms with E-state index in [1.165, 1.54) is 5.56 Å². The van der Waals surface area contributed by atoms with Gasteiger partial charge in [-0.2, -0.15) is 0 Å². The molecular formula is C11H11BrO2. The molecule has 1 aromatic carbocycles. The number of carbonyl (C=O) groups is 1. The molecule has 0 aliphatic carbocycles. The van der Waals surface area contributed by atoms with Gasteiger partial charge in [0.05, 0.1) is 6.42 Å². The Morgan fingerprint density at radius 3 is 2.86 bits per heavy atom. The maximum atomic E-state index is 10.3. The Hall–Kier alpha value is -1.09. The van der Waals surface area contributed by atoms with Crippen molar-refractivity contribution in [1.82, 2.24) is 0 Å². The molecule has 14 heavy (non-hydrogen) atoms. The van der Waals surface area contributed by atoms with Gasteiger partial charge >= 0.3 is 5.97 Å². The van der Waals surface area contributed by atoms with Gasteiger partial charge in [0.25, 0.3) is 0 Å². The van der Waals surface area contributed by atoms with Gasteiger partial charge in [-0.3, -0.25) is 4.79 Å². The lowest BCUT2D eigenvalue weighted by atomic mass is 10.1. The van der Waals surface area contributed by atoms with Crippen molar-refractivity contribution in [2.24, 2.45) is 0 Å². The number of carboxylic acids is 1. The number of hydrogen-bond acceptors (Lipinski definition) is 1. The minimum Gasteiger partial charge on any atom is -0.481 e. The molecule has 0 aliphatic rings. The monoisotopic (exact) mass is 254 g/mol. The van der Waals surface area contributed by atoms with Crippen molar-refractivity contribution in [2.45, 2.75) is 13.3 Å². The standard InChI is InChI=1S/C11H11BrO2/c1-8-5-6-9(10(12)7-8)3-2-4-11(13)14/h2-3,5-7H,4H2,1H3,(H,13,14). The quantitative estimate of drug-likeness (QED) is 0.900. The molecule has 0 heterocycles. The van der Waals surface area contributed by atoms with Crippen LogP contribution >= 0.6 is 15.9 Å². The first-order valence-corrected chi connectivity index (χ1v) is 5.03. The van der Waals surface area contributed by atoms with Crippen molar-refractivity contribution in [3.05, 3.63) is 39.9 Å². The van der Waals surface area contributed by atoms with Crippen LogP contribution in [0.25, 0.3) is 6.08 Å². The van der Waals surface area contributed by atoms with Crippen molar-refractivity contribution < 1.29 is 9.90 Å². The third-order valence-corrected chi connectivity index (χ3v) is 2.43. The molecule has 0 saturated carbocycles. The molecule has 1 aromatic rings. The predicted molar refractivity (Wildman–Crippen MR) is 60.2 cm³/mol. The number of aliphatic carboxylic acids is 1. The molecule has 0 saturated heterocycles. The summed E-state index contributed by atoms with van der Waals surface area (Å²) in [4.78, 5) is 10.3. The Bertz CT molecular complexity index is 370. The minimum absolute atomic E-state index is 0.0559. The topological polar surface area (TPSA) is 37.3 Å². The molecule has 0 amide bonds. The second-order valence-electron chi connectivity index (χ2n) is 3.03. The fraction of sp³-hybridized carbons (Fsp3) is 0.182. The molecule has 74 valence electrons. The van der Waals surface area contributed by atoms with Crippen molar-refractivity contribution in [2.75, 3.05) is 0 Å². The SMILES string of the molecule is Cc1ccc(C=CCC(=O)O)c(Br)c1. The van der Waals surface area contributed by atoms with E-state index in [4.69, 9.17) is 5.11 Å². The normalized spacial score (nSPS) is 10.7. The highest BCUT2D eigenvalue weighted by Crippen LogP contribution is 2.19. The highest BCUT2D eigenvalue weighted by atomic mass is 79.9. The maximum absolute atomic E-state index is 10.3. The van der Waals surface area contributed by atoms with Gasteiger partial charge < -0.3 is 5.11 Å². The first-order valence-electron chi connectivity index (χ1n) is 4.24. The summed E-state index contributed by atoms with van der Waals surface area (Å²) in [6, 6.07) is 5.95. The second-order valence-corrected chi connectivity index (χ2v) is 3.88. The zero-order valence-corrected chi connectivity index (χ0v) is 9.41. The summed E-state index contributed by atoms with van der Waals surface area (Å²) >= 11 is 3.42. The third-order valence-electron chi connectivity index (χ3n) is 1.75. The van der Waals surface area contributed by atoms with Gasteiger partial charge in [0.15, 0.2) is 0 Å². The van der Waals surface area contributed by atoms with Crippen molar-refractivity contribution in [3.8, 4) is 0 Å². The van der Waals surface area contributed by atoms with Gasteiger partial charge in [0.1, 0.15) is 0 Å². The van der Waals surface area contributed by atoms with Gasteiger partial charge in [0.2, 0.25) is 0 Å². The first kappa shape index (κ1) is 11.0. The van der Waals surface area contributed by atoms with E-state index in [2.05, 4.69) is 15.9 Å². The highest BCUT2D eigenvalue weighted by Gasteiger charge is 1.96. The van der Waals surface area contributed by atoms with Crippen LogP contribution in [0.2, 0.25) is 0 Å². The van der Waals surface area contributed by atoms with E-state index in [1.807, 2.05) is 25.1 Å². The largest absolute Gasteiger partial charge is 0.481 e. The molecule has 1 rings (SSSR count). The van der Waals surface area contributed by atoms with Crippen LogP contribution in [-0.4, -0.2) is 11.1 Å². The molecule has 0 unspecified atom stereocenters. The number of hydrogen-bond donors (Lipinski definition) is 1. The second kappa shape index (κ2) is 4.96.